The van der Waals surface area contributed by atoms with Crippen molar-refractivity contribution in [1.29, 1.82) is 0 Å². The third-order valence-electron chi connectivity index (χ3n) is 3.31. The first kappa shape index (κ1) is 22.5. The van der Waals surface area contributed by atoms with E-state index in [1.165, 1.54) is 0 Å². The van der Waals surface area contributed by atoms with Gasteiger partial charge in [0.15, 0.2) is 5.75 Å². The first-order valence-corrected chi connectivity index (χ1v) is 9.14. The van der Waals surface area contributed by atoms with Gasteiger partial charge < -0.3 is 14.2 Å². The van der Waals surface area contributed by atoms with Crippen molar-refractivity contribution < 1.29 is 32.2 Å². The molecule has 1 unspecified atom stereocenters. The molecule has 0 saturated carbocycles. The monoisotopic (exact) mass is 456 g/mol. The van der Waals surface area contributed by atoms with E-state index in [1.807, 2.05) is 0 Å². The highest BCUT2D eigenvalue weighted by Crippen LogP contribution is 2.40. The van der Waals surface area contributed by atoms with E-state index < -0.39 is 30.4 Å². The van der Waals surface area contributed by atoms with Gasteiger partial charge in [0.25, 0.3) is 0 Å². The summed E-state index contributed by atoms with van der Waals surface area (Å²) < 4.78 is 54.3. The number of hydrogen-bond donors (Lipinski definition) is 0. The number of esters is 1. The lowest BCUT2D eigenvalue weighted by Gasteiger charge is -2.19. The number of benzene rings is 2. The summed E-state index contributed by atoms with van der Waals surface area (Å²) in [7, 11) is 0. The molecule has 152 valence electrons. The van der Waals surface area contributed by atoms with Crippen LogP contribution in [0.4, 0.5) is 13.2 Å². The van der Waals surface area contributed by atoms with Gasteiger partial charge in [0.05, 0.1) is 21.5 Å². The molecule has 1 atom stereocenters. The second kappa shape index (κ2) is 10.1. The van der Waals surface area contributed by atoms with Crippen molar-refractivity contribution in [1.82, 2.24) is 0 Å². The average Bonchev–Trinajstić information content (AvgIpc) is 2.64. The summed E-state index contributed by atoms with van der Waals surface area (Å²) in [5.74, 6) is -0.517. The van der Waals surface area contributed by atoms with E-state index in [4.69, 9.17) is 49.0 Å². The van der Waals surface area contributed by atoms with Crippen molar-refractivity contribution in [3.63, 3.8) is 0 Å². The second-order valence-corrected chi connectivity index (χ2v) is 6.55. The predicted octanol–water partition coefficient (Wildman–Crippen LogP) is 5.62. The molecule has 2 rings (SSSR count). The van der Waals surface area contributed by atoms with Gasteiger partial charge in [-0.3, -0.25) is 0 Å². The Hall–Kier alpha value is -1.83. The minimum absolute atomic E-state index is 0.0448. The number of para-hydroxylation sites is 1. The van der Waals surface area contributed by atoms with Gasteiger partial charge in [-0.2, -0.15) is 13.2 Å². The SMILES string of the molecule is O=C(OCCCl)C(COc1c(Cl)cc(C(F)(F)F)cc1Cl)Oc1ccccc1. The Balaban J connectivity index is 2.17. The lowest BCUT2D eigenvalue weighted by molar-refractivity contribution is -0.152. The van der Waals surface area contributed by atoms with Crippen LogP contribution in [0.1, 0.15) is 5.56 Å². The number of carbonyl (C=O) groups excluding carboxylic acids is 1. The van der Waals surface area contributed by atoms with Crippen LogP contribution in [0.2, 0.25) is 10.0 Å². The summed E-state index contributed by atoms with van der Waals surface area (Å²) in [6, 6.07) is 9.73. The quantitative estimate of drug-likeness (QED) is 0.381. The maximum absolute atomic E-state index is 12.8. The molecule has 0 aliphatic carbocycles. The average molecular weight is 458 g/mol. The molecule has 10 heteroatoms. The van der Waals surface area contributed by atoms with E-state index in [-0.39, 0.29) is 28.3 Å². The van der Waals surface area contributed by atoms with E-state index in [9.17, 15) is 18.0 Å². The van der Waals surface area contributed by atoms with Crippen LogP contribution in [-0.4, -0.2) is 31.2 Å². The van der Waals surface area contributed by atoms with Gasteiger partial charge in [0, 0.05) is 0 Å². The van der Waals surface area contributed by atoms with Crippen molar-refractivity contribution in [2.75, 3.05) is 19.1 Å². The predicted molar refractivity (Wildman–Crippen MR) is 99.5 cm³/mol. The van der Waals surface area contributed by atoms with Crippen LogP contribution < -0.4 is 9.47 Å². The Morgan fingerprint density at radius 2 is 1.68 bits per heavy atom. The van der Waals surface area contributed by atoms with Gasteiger partial charge in [-0.05, 0) is 24.3 Å². The van der Waals surface area contributed by atoms with E-state index in [1.54, 1.807) is 30.3 Å². The molecule has 0 radical (unpaired) electrons. The lowest BCUT2D eigenvalue weighted by Crippen LogP contribution is -2.35. The Kier molecular flexibility index (Phi) is 8.10. The zero-order chi connectivity index (χ0) is 20.7. The van der Waals surface area contributed by atoms with Gasteiger partial charge in [0.1, 0.15) is 19.0 Å². The molecule has 28 heavy (non-hydrogen) atoms. The van der Waals surface area contributed by atoms with E-state index >= 15 is 0 Å². The fourth-order valence-electron chi connectivity index (χ4n) is 2.07. The summed E-state index contributed by atoms with van der Waals surface area (Å²) in [4.78, 5) is 12.2. The maximum Gasteiger partial charge on any atom is 0.416 e. The molecule has 0 aliphatic rings. The van der Waals surface area contributed by atoms with Crippen LogP contribution in [-0.2, 0) is 15.7 Å². The molecule has 0 heterocycles. The van der Waals surface area contributed by atoms with Gasteiger partial charge in [-0.1, -0.05) is 41.4 Å². The largest absolute Gasteiger partial charge is 0.486 e. The molecular formula is C18H14Cl3F3O4. The summed E-state index contributed by atoms with van der Waals surface area (Å²) >= 11 is 17.2. The molecule has 0 amide bonds. The summed E-state index contributed by atoms with van der Waals surface area (Å²) in [5, 5.41) is -0.708. The van der Waals surface area contributed by atoms with Crippen molar-refractivity contribution in [3.8, 4) is 11.5 Å². The molecule has 0 N–H and O–H groups in total. The first-order chi connectivity index (χ1) is 13.2. The molecule has 0 spiro atoms. The normalized spacial score (nSPS) is 12.4. The molecule has 4 nitrogen and oxygen atoms in total. The third kappa shape index (κ3) is 6.36. The molecule has 2 aromatic rings. The summed E-state index contributed by atoms with van der Waals surface area (Å²) in [6.45, 7) is -0.447. The third-order valence-corrected chi connectivity index (χ3v) is 4.03. The van der Waals surface area contributed by atoms with Gasteiger partial charge in [-0.15, -0.1) is 11.6 Å². The zero-order valence-corrected chi connectivity index (χ0v) is 16.4. The number of hydrogen-bond acceptors (Lipinski definition) is 4. The smallest absolute Gasteiger partial charge is 0.416 e. The molecule has 0 saturated heterocycles. The second-order valence-electron chi connectivity index (χ2n) is 5.35. The minimum atomic E-state index is -4.61. The van der Waals surface area contributed by atoms with Crippen LogP contribution in [0.15, 0.2) is 42.5 Å². The Labute approximate surface area is 174 Å². The first-order valence-electron chi connectivity index (χ1n) is 7.85. The minimum Gasteiger partial charge on any atom is -0.486 e. The van der Waals surface area contributed by atoms with Gasteiger partial charge in [0.2, 0.25) is 6.10 Å². The molecule has 0 fully saturated rings. The number of alkyl halides is 4. The van der Waals surface area contributed by atoms with Gasteiger partial charge in [-0.25, -0.2) is 4.79 Å². The van der Waals surface area contributed by atoms with Crippen LogP contribution in [0, 0.1) is 0 Å². The number of halogens is 6. The molecular weight excluding hydrogens is 444 g/mol. The number of carbonyl (C=O) groups is 1. The van der Waals surface area contributed by atoms with Crippen LogP contribution in [0.25, 0.3) is 0 Å². The van der Waals surface area contributed by atoms with Gasteiger partial charge >= 0.3 is 12.1 Å². The highest BCUT2D eigenvalue weighted by molar-refractivity contribution is 6.37. The van der Waals surface area contributed by atoms with Crippen molar-refractivity contribution in [3.05, 3.63) is 58.1 Å². The Morgan fingerprint density at radius 1 is 1.07 bits per heavy atom. The van der Waals surface area contributed by atoms with Crippen LogP contribution in [0.3, 0.4) is 0 Å². The molecule has 2 aromatic carbocycles. The summed E-state index contributed by atoms with van der Waals surface area (Å²) in [6.07, 6.45) is -5.84. The fourth-order valence-corrected chi connectivity index (χ4v) is 2.74. The highest BCUT2D eigenvalue weighted by atomic mass is 35.5. The molecule has 0 aliphatic heterocycles. The van der Waals surface area contributed by atoms with Crippen molar-refractivity contribution in [2.24, 2.45) is 0 Å². The highest BCUT2D eigenvalue weighted by Gasteiger charge is 2.32. The molecule has 0 bridgehead atoms. The van der Waals surface area contributed by atoms with Crippen LogP contribution >= 0.6 is 34.8 Å². The number of rotatable bonds is 8. The van der Waals surface area contributed by atoms with Crippen molar-refractivity contribution in [2.45, 2.75) is 12.3 Å². The summed E-state index contributed by atoms with van der Waals surface area (Å²) in [5.41, 5.74) is -1.02. The van der Waals surface area contributed by atoms with E-state index in [2.05, 4.69) is 0 Å². The Morgan fingerprint density at radius 3 is 2.21 bits per heavy atom. The maximum atomic E-state index is 12.8. The van der Waals surface area contributed by atoms with Crippen molar-refractivity contribution >= 4 is 40.8 Å². The number of ether oxygens (including phenoxy) is 3. The zero-order valence-electron chi connectivity index (χ0n) is 14.1. The fraction of sp³-hybridized carbons (Fsp3) is 0.278. The lowest BCUT2D eigenvalue weighted by atomic mass is 10.2. The molecule has 0 aromatic heterocycles. The Bertz CT molecular complexity index is 777. The standard InChI is InChI=1S/C18H14Cl3F3O4/c19-6-7-26-17(25)15(28-12-4-2-1-3-5-12)10-27-16-13(20)8-11(9-14(16)21)18(22,23)24/h1-5,8-9,15H,6-7,10H2. The van der Waals surface area contributed by atoms with Crippen LogP contribution in [0.5, 0.6) is 11.5 Å². The van der Waals surface area contributed by atoms with E-state index in [0.717, 1.165) is 0 Å². The topological polar surface area (TPSA) is 44.8 Å². The van der Waals surface area contributed by atoms with E-state index in [0.29, 0.717) is 17.9 Å².